The molecule has 8 atom stereocenters. The van der Waals surface area contributed by atoms with Crippen molar-refractivity contribution >= 4 is 5.78 Å². The molecule has 4 nitrogen and oxygen atoms in total. The van der Waals surface area contributed by atoms with Crippen LogP contribution in [0.3, 0.4) is 0 Å². The van der Waals surface area contributed by atoms with Gasteiger partial charge in [-0.05, 0) is 44.9 Å². The Hall–Kier alpha value is -1.13. The summed E-state index contributed by atoms with van der Waals surface area (Å²) in [7, 11) is 0. The van der Waals surface area contributed by atoms with Gasteiger partial charge in [0.2, 0.25) is 0 Å². The van der Waals surface area contributed by atoms with Crippen molar-refractivity contribution in [2.45, 2.75) is 104 Å². The first-order valence-electron chi connectivity index (χ1n) is 11.2. The molecule has 3 aliphatic heterocycles. The summed E-state index contributed by atoms with van der Waals surface area (Å²) in [6, 6.07) is 0. The topological polar surface area (TPSA) is 44.8 Å². The average molecular weight is 391 g/mol. The Balaban J connectivity index is 1.61. The third-order valence-corrected chi connectivity index (χ3v) is 6.73. The minimum Gasteiger partial charge on any atom is -0.491 e. The van der Waals surface area contributed by atoms with Crippen LogP contribution in [-0.4, -0.2) is 36.3 Å². The summed E-state index contributed by atoms with van der Waals surface area (Å²) in [5.74, 6) is 1.83. The highest BCUT2D eigenvalue weighted by Crippen LogP contribution is 2.45. The number of hydrogen-bond donors (Lipinski definition) is 0. The maximum Gasteiger partial charge on any atom is 0.159 e. The Bertz CT molecular complexity index is 610. The molecule has 0 aromatic rings. The Kier molecular flexibility index (Phi) is 7.03. The third kappa shape index (κ3) is 4.71. The number of ether oxygens (including phenoxy) is 3. The molecular weight excluding hydrogens is 352 g/mol. The standard InChI is InChI=1S/C24H38O4/c1-7-19-10-11-20-22(26-19)17(6)24-23(27-20)16(5)21(28-24)13-18(25)9-8-15(4)12-14(2)3/h13,15-17,19-20,22-24H,2,7-12H2,1,3-6H3/t15?,16-,17-,19-,20-,22+,23-,24-/m0/s1. The van der Waals surface area contributed by atoms with Gasteiger partial charge in [0, 0.05) is 24.3 Å². The number of carbonyl (C=O) groups excluding carboxylic acids is 1. The zero-order valence-electron chi connectivity index (χ0n) is 18.3. The summed E-state index contributed by atoms with van der Waals surface area (Å²) in [6.45, 7) is 14.7. The fraction of sp³-hybridized carbons (Fsp3) is 0.792. The summed E-state index contributed by atoms with van der Waals surface area (Å²) in [4.78, 5) is 12.5. The number of hydrogen-bond acceptors (Lipinski definition) is 4. The summed E-state index contributed by atoms with van der Waals surface area (Å²) in [5.41, 5.74) is 1.18. The summed E-state index contributed by atoms with van der Waals surface area (Å²) < 4.78 is 19.0. The second-order valence-corrected chi connectivity index (χ2v) is 9.40. The molecule has 4 heteroatoms. The number of ketones is 1. The lowest BCUT2D eigenvalue weighted by atomic mass is 9.81. The largest absolute Gasteiger partial charge is 0.491 e. The molecule has 0 aliphatic carbocycles. The first-order valence-corrected chi connectivity index (χ1v) is 11.2. The fourth-order valence-electron chi connectivity index (χ4n) is 5.05. The first-order chi connectivity index (χ1) is 13.3. The van der Waals surface area contributed by atoms with E-state index >= 15 is 0 Å². The zero-order valence-corrected chi connectivity index (χ0v) is 18.3. The number of carbonyl (C=O) groups is 1. The van der Waals surface area contributed by atoms with Crippen LogP contribution in [-0.2, 0) is 19.0 Å². The van der Waals surface area contributed by atoms with Crippen molar-refractivity contribution in [2.75, 3.05) is 0 Å². The molecule has 28 heavy (non-hydrogen) atoms. The predicted molar refractivity (Wildman–Crippen MR) is 111 cm³/mol. The highest BCUT2D eigenvalue weighted by molar-refractivity contribution is 5.90. The van der Waals surface area contributed by atoms with Gasteiger partial charge in [0.1, 0.15) is 18.0 Å². The Morgan fingerprint density at radius 2 is 1.96 bits per heavy atom. The molecule has 3 aliphatic rings. The highest BCUT2D eigenvalue weighted by Gasteiger charge is 2.53. The third-order valence-electron chi connectivity index (χ3n) is 6.73. The van der Waals surface area contributed by atoms with Gasteiger partial charge >= 0.3 is 0 Å². The summed E-state index contributed by atoms with van der Waals surface area (Å²) in [5, 5.41) is 0. The average Bonchev–Trinajstić information content (AvgIpc) is 2.96. The molecule has 0 radical (unpaired) electrons. The van der Waals surface area contributed by atoms with E-state index in [1.165, 1.54) is 5.57 Å². The van der Waals surface area contributed by atoms with Crippen molar-refractivity contribution < 1.29 is 19.0 Å². The van der Waals surface area contributed by atoms with E-state index in [1.807, 2.05) is 6.92 Å². The van der Waals surface area contributed by atoms with E-state index in [9.17, 15) is 4.79 Å². The van der Waals surface area contributed by atoms with Crippen LogP contribution in [0, 0.1) is 17.8 Å². The molecule has 3 saturated heterocycles. The predicted octanol–water partition coefficient (Wildman–Crippen LogP) is 5.22. The SMILES string of the molecule is C=C(C)CC(C)CCC(=O)C=C1O[C@H]2[C@@H](C)[C@H]3O[C@@H](CC)CC[C@@H]3O[C@H]2[C@H]1C. The molecular formula is C24H38O4. The quantitative estimate of drug-likeness (QED) is 0.442. The smallest absolute Gasteiger partial charge is 0.159 e. The Morgan fingerprint density at radius 3 is 2.64 bits per heavy atom. The monoisotopic (exact) mass is 390 g/mol. The molecule has 0 aromatic carbocycles. The minimum atomic E-state index is -0.0201. The van der Waals surface area contributed by atoms with E-state index in [-0.39, 0.29) is 42.0 Å². The molecule has 1 unspecified atom stereocenters. The van der Waals surface area contributed by atoms with Crippen LogP contribution in [0.4, 0.5) is 0 Å². The van der Waals surface area contributed by atoms with E-state index in [0.717, 1.165) is 37.9 Å². The van der Waals surface area contributed by atoms with E-state index < -0.39 is 0 Å². The van der Waals surface area contributed by atoms with E-state index in [4.69, 9.17) is 14.2 Å². The van der Waals surface area contributed by atoms with Crippen molar-refractivity contribution in [3.8, 4) is 0 Å². The molecule has 0 amide bonds. The van der Waals surface area contributed by atoms with Crippen molar-refractivity contribution in [2.24, 2.45) is 17.8 Å². The van der Waals surface area contributed by atoms with Crippen molar-refractivity contribution in [3.05, 3.63) is 24.0 Å². The van der Waals surface area contributed by atoms with Crippen LogP contribution < -0.4 is 0 Å². The van der Waals surface area contributed by atoms with Crippen molar-refractivity contribution in [1.29, 1.82) is 0 Å². The molecule has 3 rings (SSSR count). The highest BCUT2D eigenvalue weighted by atomic mass is 16.6. The molecule has 0 bridgehead atoms. The normalized spacial score (nSPS) is 39.8. The molecule has 0 spiro atoms. The van der Waals surface area contributed by atoms with Gasteiger partial charge in [0.25, 0.3) is 0 Å². The van der Waals surface area contributed by atoms with Gasteiger partial charge in [-0.1, -0.05) is 33.3 Å². The van der Waals surface area contributed by atoms with Crippen LogP contribution in [0.15, 0.2) is 24.0 Å². The van der Waals surface area contributed by atoms with Gasteiger partial charge < -0.3 is 14.2 Å². The lowest BCUT2D eigenvalue weighted by Crippen LogP contribution is -2.56. The van der Waals surface area contributed by atoms with Crippen LogP contribution in [0.1, 0.15) is 73.1 Å². The van der Waals surface area contributed by atoms with Crippen LogP contribution in [0.5, 0.6) is 0 Å². The van der Waals surface area contributed by atoms with E-state index in [1.54, 1.807) is 6.08 Å². The van der Waals surface area contributed by atoms with Crippen LogP contribution in [0.2, 0.25) is 0 Å². The Morgan fingerprint density at radius 1 is 1.21 bits per heavy atom. The van der Waals surface area contributed by atoms with Gasteiger partial charge in [-0.3, -0.25) is 4.79 Å². The zero-order chi connectivity index (χ0) is 20.4. The molecule has 158 valence electrons. The number of rotatable bonds is 7. The van der Waals surface area contributed by atoms with Crippen molar-refractivity contribution in [3.63, 3.8) is 0 Å². The van der Waals surface area contributed by atoms with E-state index in [0.29, 0.717) is 18.4 Å². The van der Waals surface area contributed by atoms with Gasteiger partial charge in [-0.25, -0.2) is 0 Å². The Labute approximate surface area is 170 Å². The number of allylic oxidation sites excluding steroid dienone is 2. The molecule has 3 heterocycles. The fourth-order valence-corrected chi connectivity index (χ4v) is 5.05. The lowest BCUT2D eigenvalue weighted by Gasteiger charge is -2.47. The second-order valence-electron chi connectivity index (χ2n) is 9.40. The molecule has 3 fully saturated rings. The van der Waals surface area contributed by atoms with Crippen LogP contribution in [0.25, 0.3) is 0 Å². The lowest BCUT2D eigenvalue weighted by molar-refractivity contribution is -0.234. The van der Waals surface area contributed by atoms with Crippen molar-refractivity contribution in [1.82, 2.24) is 0 Å². The molecule has 0 aromatic heterocycles. The van der Waals surface area contributed by atoms with Gasteiger partial charge in [0.15, 0.2) is 5.78 Å². The summed E-state index contributed by atoms with van der Waals surface area (Å²) >= 11 is 0. The maximum absolute atomic E-state index is 12.5. The first kappa shape index (κ1) is 21.6. The number of fused-ring (bicyclic) bond motifs is 2. The van der Waals surface area contributed by atoms with Gasteiger partial charge in [-0.15, -0.1) is 6.58 Å². The second kappa shape index (κ2) is 9.13. The van der Waals surface area contributed by atoms with Gasteiger partial charge in [-0.2, -0.15) is 0 Å². The summed E-state index contributed by atoms with van der Waals surface area (Å²) in [6.07, 6.45) is 7.93. The maximum atomic E-state index is 12.5. The molecule has 0 saturated carbocycles. The van der Waals surface area contributed by atoms with Crippen LogP contribution >= 0.6 is 0 Å². The molecule has 0 N–H and O–H groups in total. The minimum absolute atomic E-state index is 0.0201. The van der Waals surface area contributed by atoms with E-state index in [2.05, 4.69) is 34.3 Å². The van der Waals surface area contributed by atoms with Gasteiger partial charge in [0.05, 0.1) is 18.3 Å².